The zero-order chi connectivity index (χ0) is 10.6. The van der Waals surface area contributed by atoms with E-state index in [1.165, 1.54) is 18.0 Å². The van der Waals surface area contributed by atoms with E-state index in [9.17, 15) is 9.59 Å². The molecule has 0 aromatic carbocycles. The average molecular weight is 196 g/mol. The first-order valence-electron chi connectivity index (χ1n) is 4.10. The Balaban J connectivity index is 2.40. The van der Waals surface area contributed by atoms with Crippen molar-refractivity contribution in [2.24, 2.45) is 0 Å². The van der Waals surface area contributed by atoms with Gasteiger partial charge in [-0.05, 0) is 0 Å². The van der Waals surface area contributed by atoms with Gasteiger partial charge in [0.2, 0.25) is 11.8 Å². The number of carbonyl (C=O) groups excluding carboxylic acids is 2. The molecule has 0 spiro atoms. The molecule has 0 aliphatic carbocycles. The summed E-state index contributed by atoms with van der Waals surface area (Å²) in [5.74, 6) is -0.392. The number of rotatable bonds is 3. The maximum absolute atomic E-state index is 11.3. The predicted octanol–water partition coefficient (Wildman–Crippen LogP) is -0.174. The van der Waals surface area contributed by atoms with E-state index in [1.807, 2.05) is 0 Å². The standard InChI is InChI=1S/C8H12N4O2/c1-6(13)12(2)5-8(14)11-7-3-9-10-4-7/h3-4H,5H2,1-2H3,(H,9,10)(H,11,14). The summed E-state index contributed by atoms with van der Waals surface area (Å²) in [4.78, 5) is 23.4. The minimum Gasteiger partial charge on any atom is -0.337 e. The molecule has 1 rings (SSSR count). The SMILES string of the molecule is CC(=O)N(C)CC(=O)Nc1cn[nH]c1. The number of nitrogens with zero attached hydrogens (tertiary/aromatic N) is 2. The molecular weight excluding hydrogens is 184 g/mol. The van der Waals surface area contributed by atoms with Gasteiger partial charge in [0.15, 0.2) is 0 Å². The number of likely N-dealkylation sites (N-methyl/N-ethyl adjacent to an activating group) is 1. The van der Waals surface area contributed by atoms with Crippen LogP contribution in [0.25, 0.3) is 0 Å². The van der Waals surface area contributed by atoms with E-state index < -0.39 is 0 Å². The van der Waals surface area contributed by atoms with E-state index in [0.29, 0.717) is 5.69 Å². The third kappa shape index (κ3) is 2.89. The van der Waals surface area contributed by atoms with Crippen molar-refractivity contribution in [3.63, 3.8) is 0 Å². The van der Waals surface area contributed by atoms with Gasteiger partial charge in [-0.15, -0.1) is 0 Å². The lowest BCUT2D eigenvalue weighted by atomic mass is 10.4. The molecule has 14 heavy (non-hydrogen) atoms. The number of amides is 2. The van der Waals surface area contributed by atoms with Gasteiger partial charge in [0.1, 0.15) is 0 Å². The van der Waals surface area contributed by atoms with Gasteiger partial charge >= 0.3 is 0 Å². The van der Waals surface area contributed by atoms with Crippen LogP contribution >= 0.6 is 0 Å². The van der Waals surface area contributed by atoms with Crippen LogP contribution in [0.2, 0.25) is 0 Å². The fraction of sp³-hybridized carbons (Fsp3) is 0.375. The second-order valence-corrected chi connectivity index (χ2v) is 2.91. The van der Waals surface area contributed by atoms with Crippen LogP contribution in [0, 0.1) is 0 Å². The molecule has 0 unspecified atom stereocenters. The number of aromatic nitrogens is 2. The third-order valence-electron chi connectivity index (χ3n) is 1.70. The number of aromatic amines is 1. The molecule has 2 N–H and O–H groups in total. The van der Waals surface area contributed by atoms with Crippen molar-refractivity contribution in [2.75, 3.05) is 18.9 Å². The van der Waals surface area contributed by atoms with Gasteiger partial charge in [0.05, 0.1) is 18.4 Å². The van der Waals surface area contributed by atoms with Crippen molar-refractivity contribution in [2.45, 2.75) is 6.92 Å². The van der Waals surface area contributed by atoms with Crippen LogP contribution in [-0.2, 0) is 9.59 Å². The highest BCUT2D eigenvalue weighted by Crippen LogP contribution is 2.00. The van der Waals surface area contributed by atoms with Gasteiger partial charge in [-0.3, -0.25) is 14.7 Å². The normalized spacial score (nSPS) is 9.57. The lowest BCUT2D eigenvalue weighted by molar-refractivity contribution is -0.131. The fourth-order valence-corrected chi connectivity index (χ4v) is 0.847. The van der Waals surface area contributed by atoms with Gasteiger partial charge in [-0.2, -0.15) is 5.10 Å². The Labute approximate surface area is 81.3 Å². The van der Waals surface area contributed by atoms with Crippen LogP contribution in [0.4, 0.5) is 5.69 Å². The summed E-state index contributed by atoms with van der Waals surface area (Å²) >= 11 is 0. The summed E-state index contributed by atoms with van der Waals surface area (Å²) in [6.07, 6.45) is 3.05. The summed E-state index contributed by atoms with van der Waals surface area (Å²) in [6.45, 7) is 1.45. The molecule has 1 aromatic rings. The second kappa shape index (κ2) is 4.40. The van der Waals surface area contributed by atoms with Crippen molar-refractivity contribution in [1.82, 2.24) is 15.1 Å². The van der Waals surface area contributed by atoms with Crippen molar-refractivity contribution >= 4 is 17.5 Å². The highest BCUT2D eigenvalue weighted by atomic mass is 16.2. The second-order valence-electron chi connectivity index (χ2n) is 2.91. The molecule has 0 atom stereocenters. The van der Waals surface area contributed by atoms with Crippen LogP contribution in [0.1, 0.15) is 6.92 Å². The summed E-state index contributed by atoms with van der Waals surface area (Å²) < 4.78 is 0. The molecule has 0 aliphatic rings. The molecule has 0 fully saturated rings. The number of H-pyrrole nitrogens is 1. The molecule has 6 heteroatoms. The maximum Gasteiger partial charge on any atom is 0.244 e. The molecule has 0 saturated heterocycles. The Morgan fingerprint density at radius 1 is 1.64 bits per heavy atom. The first kappa shape index (κ1) is 10.2. The monoisotopic (exact) mass is 196 g/mol. The molecule has 0 aliphatic heterocycles. The first-order valence-corrected chi connectivity index (χ1v) is 4.10. The highest BCUT2D eigenvalue weighted by molar-refractivity contribution is 5.93. The molecule has 0 radical (unpaired) electrons. The minimum absolute atomic E-state index is 0.0422. The van der Waals surface area contributed by atoms with Gasteiger partial charge in [0, 0.05) is 20.2 Å². The van der Waals surface area contributed by atoms with Crippen LogP contribution in [0.5, 0.6) is 0 Å². The Kier molecular flexibility index (Phi) is 3.22. The number of anilines is 1. The molecule has 1 aromatic heterocycles. The average Bonchev–Trinajstić information content (AvgIpc) is 2.56. The lowest BCUT2D eigenvalue weighted by Crippen LogP contribution is -2.33. The molecule has 76 valence electrons. The Bertz CT molecular complexity index is 320. The summed E-state index contributed by atoms with van der Waals surface area (Å²) in [5.41, 5.74) is 0.590. The number of nitrogens with one attached hydrogen (secondary N) is 2. The van der Waals surface area contributed by atoms with Gasteiger partial charge < -0.3 is 10.2 Å². The maximum atomic E-state index is 11.3. The van der Waals surface area contributed by atoms with E-state index in [4.69, 9.17) is 0 Å². The molecular formula is C8H12N4O2. The minimum atomic E-state index is -0.246. The molecule has 0 saturated carbocycles. The van der Waals surface area contributed by atoms with Crippen molar-refractivity contribution in [3.05, 3.63) is 12.4 Å². The Hall–Kier alpha value is -1.85. The fourth-order valence-electron chi connectivity index (χ4n) is 0.847. The van der Waals surface area contributed by atoms with Gasteiger partial charge in [-0.25, -0.2) is 0 Å². The molecule has 2 amide bonds. The lowest BCUT2D eigenvalue weighted by Gasteiger charge is -2.13. The number of hydrogen-bond donors (Lipinski definition) is 2. The van der Waals surface area contributed by atoms with Crippen molar-refractivity contribution in [3.8, 4) is 0 Å². The molecule has 1 heterocycles. The Morgan fingerprint density at radius 2 is 2.36 bits per heavy atom. The highest BCUT2D eigenvalue weighted by Gasteiger charge is 2.08. The number of hydrogen-bond acceptors (Lipinski definition) is 3. The summed E-state index contributed by atoms with van der Waals surface area (Å²) in [6, 6.07) is 0. The van der Waals surface area contributed by atoms with E-state index in [1.54, 1.807) is 13.2 Å². The zero-order valence-corrected chi connectivity index (χ0v) is 8.07. The van der Waals surface area contributed by atoms with Gasteiger partial charge in [-0.1, -0.05) is 0 Å². The molecule has 6 nitrogen and oxygen atoms in total. The van der Waals surface area contributed by atoms with Gasteiger partial charge in [0.25, 0.3) is 0 Å². The van der Waals surface area contributed by atoms with Crippen LogP contribution in [-0.4, -0.2) is 40.5 Å². The zero-order valence-electron chi connectivity index (χ0n) is 8.07. The quantitative estimate of drug-likeness (QED) is 0.704. The largest absolute Gasteiger partial charge is 0.337 e. The topological polar surface area (TPSA) is 78.1 Å². The third-order valence-corrected chi connectivity index (χ3v) is 1.70. The van der Waals surface area contributed by atoms with Crippen molar-refractivity contribution in [1.29, 1.82) is 0 Å². The smallest absolute Gasteiger partial charge is 0.244 e. The summed E-state index contributed by atoms with van der Waals surface area (Å²) in [7, 11) is 1.57. The van der Waals surface area contributed by atoms with E-state index in [2.05, 4.69) is 15.5 Å². The van der Waals surface area contributed by atoms with Crippen molar-refractivity contribution < 1.29 is 9.59 Å². The molecule has 0 bridgehead atoms. The van der Waals surface area contributed by atoms with E-state index >= 15 is 0 Å². The Morgan fingerprint density at radius 3 is 2.86 bits per heavy atom. The van der Waals surface area contributed by atoms with Crippen LogP contribution < -0.4 is 5.32 Å². The predicted molar refractivity (Wildman–Crippen MR) is 50.5 cm³/mol. The van der Waals surface area contributed by atoms with E-state index in [0.717, 1.165) is 0 Å². The number of carbonyl (C=O) groups is 2. The van der Waals surface area contributed by atoms with E-state index in [-0.39, 0.29) is 18.4 Å². The van der Waals surface area contributed by atoms with Crippen LogP contribution in [0.3, 0.4) is 0 Å². The summed E-state index contributed by atoms with van der Waals surface area (Å²) in [5, 5.41) is 8.82. The van der Waals surface area contributed by atoms with Crippen LogP contribution in [0.15, 0.2) is 12.4 Å². The first-order chi connectivity index (χ1) is 6.59.